The van der Waals surface area contributed by atoms with Crippen molar-refractivity contribution in [3.05, 3.63) is 90.0 Å². The Morgan fingerprint density at radius 1 is 0.800 bits per heavy atom. The van der Waals surface area contributed by atoms with Crippen LogP contribution in [0.3, 0.4) is 0 Å². The van der Waals surface area contributed by atoms with E-state index in [1.165, 1.54) is 0 Å². The SMILES string of the molecule is CCC(C)NC(=O)c1ccc(NC(=S)NC(=O)c2ccc(OCCOc3ccccc3)cc2)cc1. The van der Waals surface area contributed by atoms with Crippen molar-refractivity contribution in [2.24, 2.45) is 0 Å². The Morgan fingerprint density at radius 3 is 1.94 bits per heavy atom. The van der Waals surface area contributed by atoms with Crippen LogP contribution in [-0.4, -0.2) is 36.2 Å². The molecule has 7 nitrogen and oxygen atoms in total. The molecule has 3 N–H and O–H groups in total. The van der Waals surface area contributed by atoms with Gasteiger partial charge in [0.1, 0.15) is 24.7 Å². The minimum Gasteiger partial charge on any atom is -0.490 e. The van der Waals surface area contributed by atoms with Crippen LogP contribution in [0.25, 0.3) is 0 Å². The van der Waals surface area contributed by atoms with Gasteiger partial charge in [-0.25, -0.2) is 0 Å². The van der Waals surface area contributed by atoms with Gasteiger partial charge < -0.3 is 20.1 Å². The Kier molecular flexibility index (Phi) is 9.62. The molecule has 0 saturated heterocycles. The van der Waals surface area contributed by atoms with Gasteiger partial charge in [-0.15, -0.1) is 0 Å². The quantitative estimate of drug-likeness (QED) is 0.279. The van der Waals surface area contributed by atoms with E-state index in [1.54, 1.807) is 48.5 Å². The number of hydrogen-bond donors (Lipinski definition) is 3. The van der Waals surface area contributed by atoms with Gasteiger partial charge >= 0.3 is 0 Å². The number of amides is 2. The van der Waals surface area contributed by atoms with Crippen LogP contribution in [0.15, 0.2) is 78.9 Å². The number of carbonyl (C=O) groups is 2. The number of benzene rings is 3. The summed E-state index contributed by atoms with van der Waals surface area (Å²) in [6.07, 6.45) is 0.860. The highest BCUT2D eigenvalue weighted by Gasteiger charge is 2.10. The molecule has 0 fully saturated rings. The lowest BCUT2D eigenvalue weighted by molar-refractivity contribution is 0.0937. The molecule has 0 spiro atoms. The molecule has 3 aromatic carbocycles. The first kappa shape index (κ1) is 25.7. The fourth-order valence-corrected chi connectivity index (χ4v) is 3.20. The number of anilines is 1. The Morgan fingerprint density at radius 2 is 1.34 bits per heavy atom. The highest BCUT2D eigenvalue weighted by Crippen LogP contribution is 2.14. The van der Waals surface area contributed by atoms with Gasteiger partial charge in [-0.05, 0) is 86.2 Å². The first-order valence-corrected chi connectivity index (χ1v) is 11.8. The van der Waals surface area contributed by atoms with Gasteiger partial charge in [-0.1, -0.05) is 25.1 Å². The molecule has 0 aliphatic heterocycles. The van der Waals surface area contributed by atoms with E-state index < -0.39 is 0 Å². The molecule has 0 bridgehead atoms. The van der Waals surface area contributed by atoms with E-state index in [9.17, 15) is 9.59 Å². The van der Waals surface area contributed by atoms with Gasteiger partial charge in [0.2, 0.25) is 0 Å². The summed E-state index contributed by atoms with van der Waals surface area (Å²) in [7, 11) is 0. The summed E-state index contributed by atoms with van der Waals surface area (Å²) >= 11 is 5.25. The van der Waals surface area contributed by atoms with Crippen molar-refractivity contribution >= 4 is 34.8 Å². The summed E-state index contributed by atoms with van der Waals surface area (Å²) in [5.74, 6) is 0.955. The Labute approximate surface area is 210 Å². The minimum atomic E-state index is -0.342. The average molecular weight is 492 g/mol. The molecule has 0 radical (unpaired) electrons. The normalized spacial score (nSPS) is 11.1. The maximum atomic E-state index is 12.5. The second kappa shape index (κ2) is 13.1. The summed E-state index contributed by atoms with van der Waals surface area (Å²) in [6, 6.07) is 23.3. The molecule has 3 aromatic rings. The van der Waals surface area contributed by atoms with E-state index in [1.807, 2.05) is 44.2 Å². The zero-order valence-electron chi connectivity index (χ0n) is 19.7. The topological polar surface area (TPSA) is 88.7 Å². The molecule has 35 heavy (non-hydrogen) atoms. The summed E-state index contributed by atoms with van der Waals surface area (Å²) in [5, 5.41) is 8.67. The van der Waals surface area contributed by atoms with Gasteiger partial charge in [-0.2, -0.15) is 0 Å². The van der Waals surface area contributed by atoms with E-state index in [0.29, 0.717) is 35.8 Å². The Bertz CT molecular complexity index is 1120. The maximum absolute atomic E-state index is 12.5. The Hall–Kier alpha value is -3.91. The summed E-state index contributed by atoms with van der Waals surface area (Å²) in [6.45, 7) is 4.76. The van der Waals surface area contributed by atoms with E-state index in [4.69, 9.17) is 21.7 Å². The molecule has 3 rings (SSSR count). The summed E-state index contributed by atoms with van der Waals surface area (Å²) < 4.78 is 11.2. The van der Waals surface area contributed by atoms with Gasteiger partial charge in [-0.3, -0.25) is 14.9 Å². The molecule has 182 valence electrons. The number of rotatable bonds is 10. The number of thiocarbonyl (C=S) groups is 1. The van der Waals surface area contributed by atoms with Gasteiger partial charge in [0.15, 0.2) is 5.11 Å². The molecule has 8 heteroatoms. The van der Waals surface area contributed by atoms with Crippen molar-refractivity contribution in [1.29, 1.82) is 0 Å². The molecular formula is C27H29N3O4S. The van der Waals surface area contributed by atoms with Crippen LogP contribution in [0.2, 0.25) is 0 Å². The standard InChI is InChI=1S/C27H29N3O4S/c1-3-19(2)28-25(31)20-9-13-22(14-10-20)29-27(35)30-26(32)21-11-15-24(16-12-21)34-18-17-33-23-7-5-4-6-8-23/h4-16,19H,3,17-18H2,1-2H3,(H,28,31)(H2,29,30,32,35). The lowest BCUT2D eigenvalue weighted by atomic mass is 10.1. The predicted molar refractivity (Wildman–Crippen MR) is 141 cm³/mol. The van der Waals surface area contributed by atoms with Crippen LogP contribution in [0.5, 0.6) is 11.5 Å². The smallest absolute Gasteiger partial charge is 0.257 e. The summed E-state index contributed by atoms with van der Waals surface area (Å²) in [4.78, 5) is 24.7. The lowest BCUT2D eigenvalue weighted by Crippen LogP contribution is -2.34. The molecule has 0 aliphatic rings. The van der Waals surface area contributed by atoms with Crippen LogP contribution in [0.1, 0.15) is 41.0 Å². The van der Waals surface area contributed by atoms with Crippen molar-refractivity contribution < 1.29 is 19.1 Å². The molecule has 0 heterocycles. The van der Waals surface area contributed by atoms with Crippen molar-refractivity contribution in [3.8, 4) is 11.5 Å². The molecular weight excluding hydrogens is 462 g/mol. The highest BCUT2D eigenvalue weighted by atomic mass is 32.1. The molecule has 1 atom stereocenters. The third kappa shape index (κ3) is 8.42. The van der Waals surface area contributed by atoms with Crippen LogP contribution < -0.4 is 25.4 Å². The fourth-order valence-electron chi connectivity index (χ4n) is 2.99. The third-order valence-electron chi connectivity index (χ3n) is 5.10. The predicted octanol–water partition coefficient (Wildman–Crippen LogP) is 4.80. The van der Waals surface area contributed by atoms with Crippen LogP contribution in [-0.2, 0) is 0 Å². The molecule has 0 aromatic heterocycles. The molecule has 2 amide bonds. The average Bonchev–Trinajstić information content (AvgIpc) is 2.87. The van der Waals surface area contributed by atoms with E-state index in [2.05, 4.69) is 16.0 Å². The van der Waals surface area contributed by atoms with Crippen molar-refractivity contribution in [2.45, 2.75) is 26.3 Å². The molecule has 0 saturated carbocycles. The zero-order chi connectivity index (χ0) is 25.0. The van der Waals surface area contributed by atoms with E-state index in [-0.39, 0.29) is 23.0 Å². The van der Waals surface area contributed by atoms with Crippen LogP contribution in [0, 0.1) is 0 Å². The lowest BCUT2D eigenvalue weighted by Gasteiger charge is -2.13. The van der Waals surface area contributed by atoms with E-state index >= 15 is 0 Å². The number of carbonyl (C=O) groups excluding carboxylic acids is 2. The third-order valence-corrected chi connectivity index (χ3v) is 5.31. The number of hydrogen-bond acceptors (Lipinski definition) is 5. The van der Waals surface area contributed by atoms with Gasteiger partial charge in [0.25, 0.3) is 11.8 Å². The number of para-hydroxylation sites is 1. The van der Waals surface area contributed by atoms with E-state index in [0.717, 1.165) is 12.2 Å². The monoisotopic (exact) mass is 491 g/mol. The van der Waals surface area contributed by atoms with Gasteiger partial charge in [0, 0.05) is 22.9 Å². The van der Waals surface area contributed by atoms with Crippen molar-refractivity contribution in [1.82, 2.24) is 10.6 Å². The second-order valence-corrected chi connectivity index (χ2v) is 8.21. The highest BCUT2D eigenvalue weighted by molar-refractivity contribution is 7.80. The number of nitrogens with one attached hydrogen (secondary N) is 3. The van der Waals surface area contributed by atoms with Crippen molar-refractivity contribution in [2.75, 3.05) is 18.5 Å². The fraction of sp³-hybridized carbons (Fsp3) is 0.222. The first-order chi connectivity index (χ1) is 16.9. The van der Waals surface area contributed by atoms with Crippen LogP contribution in [0.4, 0.5) is 5.69 Å². The summed E-state index contributed by atoms with van der Waals surface area (Å²) in [5.41, 5.74) is 1.66. The first-order valence-electron chi connectivity index (χ1n) is 11.4. The van der Waals surface area contributed by atoms with Crippen molar-refractivity contribution in [3.63, 3.8) is 0 Å². The Balaban J connectivity index is 1.42. The minimum absolute atomic E-state index is 0.109. The molecule has 0 aliphatic carbocycles. The van der Waals surface area contributed by atoms with Gasteiger partial charge in [0.05, 0.1) is 0 Å². The van der Waals surface area contributed by atoms with Crippen LogP contribution >= 0.6 is 12.2 Å². The second-order valence-electron chi connectivity index (χ2n) is 7.80. The zero-order valence-corrected chi connectivity index (χ0v) is 20.6. The number of ether oxygens (including phenoxy) is 2. The maximum Gasteiger partial charge on any atom is 0.257 e. The molecule has 1 unspecified atom stereocenters. The largest absolute Gasteiger partial charge is 0.490 e.